The average molecular weight is 391 g/mol. The first-order valence-corrected chi connectivity index (χ1v) is 11.2. The van der Waals surface area contributed by atoms with Crippen LogP contribution in [0.5, 0.6) is 0 Å². The summed E-state index contributed by atoms with van der Waals surface area (Å²) in [5.74, 6) is 1.31. The van der Waals surface area contributed by atoms with Gasteiger partial charge in [0.1, 0.15) is 4.87 Å². The number of nitrogens with two attached hydrogens (primary N) is 1. The number of likely N-dealkylation sites (tertiary alicyclic amines) is 1. The Morgan fingerprint density at radius 1 is 1.26 bits per heavy atom. The number of carbonyl (C=O) groups is 2. The summed E-state index contributed by atoms with van der Waals surface area (Å²) in [6, 6.07) is 10.2. The third-order valence-electron chi connectivity index (χ3n) is 5.65. The summed E-state index contributed by atoms with van der Waals surface area (Å²) in [5, 5.41) is 5.36. The van der Waals surface area contributed by atoms with E-state index in [-0.39, 0.29) is 16.8 Å². The fourth-order valence-electron chi connectivity index (χ4n) is 3.91. The average Bonchev–Trinajstić information content (AvgIpc) is 3.11. The van der Waals surface area contributed by atoms with Gasteiger partial charge in [-0.05, 0) is 18.4 Å². The van der Waals surface area contributed by atoms with Crippen LogP contribution < -0.4 is 10.6 Å². The Morgan fingerprint density at radius 2 is 2.00 bits per heavy atom. The number of thioether (sulfide) groups is 1. The smallest absolute Gasteiger partial charge is 0.279 e. The Kier molecular flexibility index (Phi) is 7.19. The first kappa shape index (κ1) is 20.2. The van der Waals surface area contributed by atoms with Crippen molar-refractivity contribution < 1.29 is 14.9 Å². The van der Waals surface area contributed by atoms with Gasteiger partial charge in [0.05, 0.1) is 5.75 Å². The van der Waals surface area contributed by atoms with Crippen LogP contribution in [-0.2, 0) is 16.0 Å². The molecule has 0 radical (unpaired) electrons. The Labute approximate surface area is 166 Å². The summed E-state index contributed by atoms with van der Waals surface area (Å²) >= 11 is 1.91. The third-order valence-corrected chi connectivity index (χ3v) is 7.30. The molecule has 2 amide bonds. The molecule has 27 heavy (non-hydrogen) atoms. The molecule has 1 atom stereocenters. The zero-order chi connectivity index (χ0) is 19.1. The number of piperidine rings is 1. The molecule has 1 aromatic rings. The van der Waals surface area contributed by atoms with E-state index >= 15 is 0 Å². The summed E-state index contributed by atoms with van der Waals surface area (Å²) in [5.41, 5.74) is 1.25. The minimum absolute atomic E-state index is 0.00637. The summed E-state index contributed by atoms with van der Waals surface area (Å²) in [6.07, 6.45) is 5.53. The number of hydrogen-bond acceptors (Lipinski definition) is 3. The number of benzene rings is 1. The van der Waals surface area contributed by atoms with Crippen molar-refractivity contribution in [3.63, 3.8) is 0 Å². The minimum Gasteiger partial charge on any atom is -0.351 e. The second-order valence-corrected chi connectivity index (χ2v) is 9.09. The minimum atomic E-state index is -0.00637. The standard InChI is InChI=1S/C21H31N3O2S/c1-2-3-9-19(25)24-14-11-21(12-15-24)23-18(16-27-21)20(26)22-13-10-17-7-5-4-6-8-17/h4-8,18,23H,2-3,9-16H2,1H3,(H,22,26)/p+1/t18-/m1/s1. The number of nitrogens with zero attached hydrogens (tertiary/aromatic N) is 1. The molecule has 0 saturated carbocycles. The molecule has 3 rings (SSSR count). The number of amides is 2. The van der Waals surface area contributed by atoms with Crippen molar-refractivity contribution in [2.45, 2.75) is 56.4 Å². The number of nitrogens with one attached hydrogen (secondary N) is 1. The van der Waals surface area contributed by atoms with Gasteiger partial charge in [-0.2, -0.15) is 0 Å². The van der Waals surface area contributed by atoms with Crippen molar-refractivity contribution in [3.05, 3.63) is 35.9 Å². The third kappa shape index (κ3) is 5.48. The molecule has 0 bridgehead atoms. The second kappa shape index (κ2) is 9.60. The van der Waals surface area contributed by atoms with E-state index in [0.29, 0.717) is 18.9 Å². The SMILES string of the molecule is CCCCC(=O)N1CCC2(CC1)[NH2+][C@@H](C(=O)NCCc1ccccc1)CS2. The zero-order valence-corrected chi connectivity index (χ0v) is 17.1. The molecular formula is C21H32N3O2S+. The van der Waals surface area contributed by atoms with Crippen molar-refractivity contribution in [2.75, 3.05) is 25.4 Å². The van der Waals surface area contributed by atoms with E-state index in [9.17, 15) is 9.59 Å². The highest BCUT2D eigenvalue weighted by atomic mass is 32.2. The van der Waals surface area contributed by atoms with Crippen molar-refractivity contribution in [3.8, 4) is 0 Å². The summed E-state index contributed by atoms with van der Waals surface area (Å²) in [6.45, 7) is 4.46. The summed E-state index contributed by atoms with van der Waals surface area (Å²) < 4.78 is 0. The summed E-state index contributed by atoms with van der Waals surface area (Å²) in [7, 11) is 0. The maximum absolute atomic E-state index is 12.5. The molecule has 148 valence electrons. The second-order valence-electron chi connectivity index (χ2n) is 7.66. The van der Waals surface area contributed by atoms with Gasteiger partial charge in [0.25, 0.3) is 5.91 Å². The van der Waals surface area contributed by atoms with Crippen LogP contribution in [0.15, 0.2) is 30.3 Å². The molecule has 1 spiro atoms. The van der Waals surface area contributed by atoms with Gasteiger partial charge in [-0.25, -0.2) is 0 Å². The highest BCUT2D eigenvalue weighted by molar-refractivity contribution is 8.00. The quantitative estimate of drug-likeness (QED) is 0.742. The van der Waals surface area contributed by atoms with Crippen molar-refractivity contribution >= 4 is 23.6 Å². The van der Waals surface area contributed by atoms with Crippen LogP contribution in [-0.4, -0.2) is 53.0 Å². The van der Waals surface area contributed by atoms with Crippen LogP contribution in [0.1, 0.15) is 44.6 Å². The molecule has 0 aliphatic carbocycles. The largest absolute Gasteiger partial charge is 0.351 e. The van der Waals surface area contributed by atoms with Gasteiger partial charge in [0.15, 0.2) is 6.04 Å². The molecule has 5 nitrogen and oxygen atoms in total. The molecule has 3 N–H and O–H groups in total. The lowest BCUT2D eigenvalue weighted by Gasteiger charge is -2.36. The molecule has 2 fully saturated rings. The molecule has 6 heteroatoms. The van der Waals surface area contributed by atoms with Gasteiger partial charge in [0.2, 0.25) is 5.91 Å². The van der Waals surface area contributed by atoms with E-state index in [1.165, 1.54) is 5.56 Å². The van der Waals surface area contributed by atoms with E-state index < -0.39 is 0 Å². The van der Waals surface area contributed by atoms with E-state index in [4.69, 9.17) is 0 Å². The lowest BCUT2D eigenvalue weighted by atomic mass is 10.0. The van der Waals surface area contributed by atoms with Gasteiger partial charge in [-0.3, -0.25) is 9.59 Å². The van der Waals surface area contributed by atoms with E-state index in [1.807, 2.05) is 34.9 Å². The van der Waals surface area contributed by atoms with Gasteiger partial charge in [-0.1, -0.05) is 55.4 Å². The van der Waals surface area contributed by atoms with Crippen molar-refractivity contribution in [1.82, 2.24) is 10.2 Å². The maximum Gasteiger partial charge on any atom is 0.279 e. The molecule has 2 aliphatic rings. The first-order valence-electron chi connectivity index (χ1n) is 10.2. The normalized spacial score (nSPS) is 21.4. The van der Waals surface area contributed by atoms with E-state index in [0.717, 1.165) is 50.9 Å². The predicted molar refractivity (Wildman–Crippen MR) is 109 cm³/mol. The molecular weight excluding hydrogens is 358 g/mol. The molecule has 2 aliphatic heterocycles. The molecule has 2 saturated heterocycles. The number of unbranched alkanes of at least 4 members (excludes halogenated alkanes) is 1. The Balaban J connectivity index is 1.40. The van der Waals surface area contributed by atoms with Crippen LogP contribution in [0, 0.1) is 0 Å². The monoisotopic (exact) mass is 390 g/mol. The van der Waals surface area contributed by atoms with Gasteiger partial charge >= 0.3 is 0 Å². The van der Waals surface area contributed by atoms with Crippen LogP contribution in [0.25, 0.3) is 0 Å². The Bertz CT molecular complexity index is 630. The Morgan fingerprint density at radius 3 is 2.70 bits per heavy atom. The van der Waals surface area contributed by atoms with E-state index in [2.05, 4.69) is 29.7 Å². The number of carbonyl (C=O) groups excluding carboxylic acids is 2. The molecule has 2 heterocycles. The lowest BCUT2D eigenvalue weighted by molar-refractivity contribution is -0.714. The highest BCUT2D eigenvalue weighted by Crippen LogP contribution is 2.34. The Hall–Kier alpha value is -1.53. The van der Waals surface area contributed by atoms with Gasteiger partial charge in [0, 0.05) is 38.9 Å². The zero-order valence-electron chi connectivity index (χ0n) is 16.3. The fraction of sp³-hybridized carbons (Fsp3) is 0.619. The molecule has 0 aromatic heterocycles. The number of rotatable bonds is 7. The predicted octanol–water partition coefficient (Wildman–Crippen LogP) is 1.53. The van der Waals surface area contributed by atoms with Crippen LogP contribution in [0.3, 0.4) is 0 Å². The first-order chi connectivity index (χ1) is 13.1. The number of quaternary nitrogens is 1. The molecule has 1 aromatic carbocycles. The fourth-order valence-corrected chi connectivity index (χ4v) is 5.40. The van der Waals surface area contributed by atoms with Gasteiger partial charge in [-0.15, -0.1) is 0 Å². The van der Waals surface area contributed by atoms with Crippen LogP contribution in [0.2, 0.25) is 0 Å². The number of hydrogen-bond donors (Lipinski definition) is 2. The van der Waals surface area contributed by atoms with Crippen molar-refractivity contribution in [1.29, 1.82) is 0 Å². The van der Waals surface area contributed by atoms with E-state index in [1.54, 1.807) is 0 Å². The van der Waals surface area contributed by atoms with Crippen LogP contribution in [0.4, 0.5) is 0 Å². The van der Waals surface area contributed by atoms with Crippen LogP contribution >= 0.6 is 11.8 Å². The lowest BCUT2D eigenvalue weighted by Crippen LogP contribution is -2.99. The van der Waals surface area contributed by atoms with Gasteiger partial charge < -0.3 is 15.5 Å². The topological polar surface area (TPSA) is 66.0 Å². The highest BCUT2D eigenvalue weighted by Gasteiger charge is 2.48. The van der Waals surface area contributed by atoms with Crippen molar-refractivity contribution in [2.24, 2.45) is 0 Å². The summed E-state index contributed by atoms with van der Waals surface area (Å²) in [4.78, 5) is 26.8. The molecule has 0 unspecified atom stereocenters. The maximum atomic E-state index is 12.5.